The van der Waals surface area contributed by atoms with Crippen molar-refractivity contribution in [3.63, 3.8) is 0 Å². The largest absolute Gasteiger partial charge is 0.481 e. The average molecular weight is 306 g/mol. The van der Waals surface area contributed by atoms with Crippen LogP contribution in [0.15, 0.2) is 24.4 Å². The van der Waals surface area contributed by atoms with Gasteiger partial charge in [0.2, 0.25) is 0 Å². The van der Waals surface area contributed by atoms with Crippen LogP contribution < -0.4 is 0 Å². The monoisotopic (exact) mass is 305 g/mol. The summed E-state index contributed by atoms with van der Waals surface area (Å²) in [6.07, 6.45) is -4.33. The highest BCUT2D eigenvalue weighted by Crippen LogP contribution is 2.41. The molecule has 1 aromatic heterocycles. The summed E-state index contributed by atoms with van der Waals surface area (Å²) in [6, 6.07) is 4.61. The van der Waals surface area contributed by atoms with Crippen molar-refractivity contribution in [2.24, 2.45) is 7.05 Å². The molecule has 7 heteroatoms. The van der Waals surface area contributed by atoms with Gasteiger partial charge in [0.25, 0.3) is 0 Å². The summed E-state index contributed by atoms with van der Waals surface area (Å²) in [7, 11) is 1.61. The summed E-state index contributed by atoms with van der Waals surface area (Å²) in [6.45, 7) is 0. The number of aryl methyl sites for hydroxylation is 1. The summed E-state index contributed by atoms with van der Waals surface area (Å²) in [5.74, 6) is -3.55. The number of carboxylic acids is 1. The SMILES string of the molecule is Cn1cc([C@H](CC(=O)O)C(F)(F)F)c2cc(Cl)ccc21. The molecule has 0 saturated carbocycles. The van der Waals surface area contributed by atoms with E-state index in [9.17, 15) is 18.0 Å². The molecule has 0 fully saturated rings. The van der Waals surface area contributed by atoms with Crippen LogP contribution in [0, 0.1) is 0 Å². The molecule has 0 unspecified atom stereocenters. The molecule has 0 aliphatic heterocycles. The molecule has 1 heterocycles. The number of nitrogens with zero attached hydrogens (tertiary/aromatic N) is 1. The Bertz CT molecular complexity index is 663. The van der Waals surface area contributed by atoms with Crippen molar-refractivity contribution in [3.8, 4) is 0 Å². The number of halogens is 4. The Morgan fingerprint density at radius 1 is 1.45 bits per heavy atom. The van der Waals surface area contributed by atoms with Crippen LogP contribution in [0.2, 0.25) is 5.02 Å². The molecule has 0 aliphatic carbocycles. The van der Waals surface area contributed by atoms with E-state index in [0.29, 0.717) is 15.9 Å². The lowest BCUT2D eigenvalue weighted by atomic mass is 9.95. The van der Waals surface area contributed by atoms with Crippen molar-refractivity contribution in [3.05, 3.63) is 35.0 Å². The molecule has 1 atom stereocenters. The molecule has 2 aromatic rings. The topological polar surface area (TPSA) is 42.2 Å². The van der Waals surface area contributed by atoms with Gasteiger partial charge in [0.15, 0.2) is 0 Å². The lowest BCUT2D eigenvalue weighted by Crippen LogP contribution is -2.23. The number of fused-ring (bicyclic) bond motifs is 1. The van der Waals surface area contributed by atoms with Crippen molar-refractivity contribution in [2.75, 3.05) is 0 Å². The van der Waals surface area contributed by atoms with E-state index in [4.69, 9.17) is 16.7 Å². The second-order valence-electron chi connectivity index (χ2n) is 4.55. The number of rotatable bonds is 3. The first-order valence-electron chi connectivity index (χ1n) is 5.73. The van der Waals surface area contributed by atoms with E-state index >= 15 is 0 Å². The van der Waals surface area contributed by atoms with Gasteiger partial charge in [-0.05, 0) is 23.8 Å². The normalized spacial score (nSPS) is 13.7. The smallest absolute Gasteiger partial charge is 0.396 e. The molecule has 108 valence electrons. The molecule has 0 saturated heterocycles. The van der Waals surface area contributed by atoms with Gasteiger partial charge in [-0.2, -0.15) is 13.2 Å². The van der Waals surface area contributed by atoms with Crippen molar-refractivity contribution in [2.45, 2.75) is 18.5 Å². The van der Waals surface area contributed by atoms with Gasteiger partial charge >= 0.3 is 12.1 Å². The van der Waals surface area contributed by atoms with Crippen LogP contribution in [0.3, 0.4) is 0 Å². The molecule has 3 nitrogen and oxygen atoms in total. The number of hydrogen-bond acceptors (Lipinski definition) is 1. The Morgan fingerprint density at radius 3 is 2.65 bits per heavy atom. The summed E-state index contributed by atoms with van der Waals surface area (Å²) < 4.78 is 40.8. The van der Waals surface area contributed by atoms with E-state index in [1.165, 1.54) is 16.8 Å². The molecular formula is C13H11ClF3NO2. The third-order valence-electron chi connectivity index (χ3n) is 3.13. The summed E-state index contributed by atoms with van der Waals surface area (Å²) >= 11 is 5.82. The average Bonchev–Trinajstić information content (AvgIpc) is 2.61. The van der Waals surface area contributed by atoms with Gasteiger partial charge in [-0.25, -0.2) is 0 Å². The zero-order valence-electron chi connectivity index (χ0n) is 10.4. The lowest BCUT2D eigenvalue weighted by Gasteiger charge is -2.18. The van der Waals surface area contributed by atoms with E-state index in [1.807, 2.05) is 0 Å². The number of carboxylic acid groups (broad SMARTS) is 1. The molecule has 0 bridgehead atoms. The number of aliphatic carboxylic acids is 1. The predicted octanol–water partition coefficient (Wildman–Crippen LogP) is 3.95. The van der Waals surface area contributed by atoms with Crippen LogP contribution in [0.4, 0.5) is 13.2 Å². The third-order valence-corrected chi connectivity index (χ3v) is 3.37. The van der Waals surface area contributed by atoms with Gasteiger partial charge in [-0.15, -0.1) is 0 Å². The second-order valence-corrected chi connectivity index (χ2v) is 4.99. The maximum absolute atomic E-state index is 13.1. The van der Waals surface area contributed by atoms with Crippen LogP contribution in [-0.2, 0) is 11.8 Å². The number of alkyl halides is 3. The van der Waals surface area contributed by atoms with Crippen LogP contribution in [-0.4, -0.2) is 21.8 Å². The molecule has 2 rings (SSSR count). The van der Waals surface area contributed by atoms with Gasteiger partial charge in [0.1, 0.15) is 0 Å². The van der Waals surface area contributed by atoms with Gasteiger partial charge < -0.3 is 9.67 Å². The molecule has 0 spiro atoms. The number of aromatic nitrogens is 1. The fourth-order valence-corrected chi connectivity index (χ4v) is 2.42. The van der Waals surface area contributed by atoms with Gasteiger partial charge in [0.05, 0.1) is 12.3 Å². The first kappa shape index (κ1) is 14.7. The van der Waals surface area contributed by atoms with Gasteiger partial charge in [-0.3, -0.25) is 4.79 Å². The van der Waals surface area contributed by atoms with Gasteiger partial charge in [0, 0.05) is 29.2 Å². The minimum Gasteiger partial charge on any atom is -0.481 e. The fraction of sp³-hybridized carbons (Fsp3) is 0.308. The van der Waals surface area contributed by atoms with Crippen LogP contribution in [0.1, 0.15) is 17.9 Å². The molecule has 0 aliphatic rings. The van der Waals surface area contributed by atoms with Crippen molar-refractivity contribution in [1.82, 2.24) is 4.57 Å². The Hall–Kier alpha value is -1.69. The summed E-state index contributed by atoms with van der Waals surface area (Å²) in [5, 5.41) is 9.34. The molecule has 1 aromatic carbocycles. The number of hydrogen-bond donors (Lipinski definition) is 1. The Kier molecular flexibility index (Phi) is 3.69. The zero-order chi connectivity index (χ0) is 15.1. The predicted molar refractivity (Wildman–Crippen MR) is 69.0 cm³/mol. The highest BCUT2D eigenvalue weighted by atomic mass is 35.5. The Balaban J connectivity index is 2.64. The minimum atomic E-state index is -4.63. The maximum Gasteiger partial charge on any atom is 0.396 e. The van der Waals surface area contributed by atoms with Crippen LogP contribution in [0.5, 0.6) is 0 Å². The second kappa shape index (κ2) is 5.01. The number of benzene rings is 1. The number of carbonyl (C=O) groups is 1. The van der Waals surface area contributed by atoms with E-state index in [1.54, 1.807) is 19.2 Å². The van der Waals surface area contributed by atoms with E-state index in [0.717, 1.165) is 0 Å². The first-order chi connectivity index (χ1) is 9.20. The highest BCUT2D eigenvalue weighted by Gasteiger charge is 2.43. The van der Waals surface area contributed by atoms with Crippen molar-refractivity contribution >= 4 is 28.5 Å². The Morgan fingerprint density at radius 2 is 2.10 bits per heavy atom. The molecular weight excluding hydrogens is 295 g/mol. The summed E-state index contributed by atoms with van der Waals surface area (Å²) in [4.78, 5) is 10.7. The third kappa shape index (κ3) is 2.75. The Labute approximate surface area is 117 Å². The fourth-order valence-electron chi connectivity index (χ4n) is 2.25. The van der Waals surface area contributed by atoms with Crippen LogP contribution in [0.25, 0.3) is 10.9 Å². The van der Waals surface area contributed by atoms with E-state index < -0.39 is 24.5 Å². The van der Waals surface area contributed by atoms with Crippen molar-refractivity contribution < 1.29 is 23.1 Å². The standard InChI is InChI=1S/C13H11ClF3NO2/c1-18-6-9(8-4-7(14)2-3-11(8)18)10(5-12(19)20)13(15,16)17/h2-4,6,10H,5H2,1H3,(H,19,20)/t10-/m0/s1. The maximum atomic E-state index is 13.1. The summed E-state index contributed by atoms with van der Waals surface area (Å²) in [5.41, 5.74) is 0.504. The first-order valence-corrected chi connectivity index (χ1v) is 6.11. The zero-order valence-corrected chi connectivity index (χ0v) is 11.2. The molecule has 1 N–H and O–H groups in total. The van der Waals surface area contributed by atoms with E-state index in [2.05, 4.69) is 0 Å². The molecule has 0 radical (unpaired) electrons. The minimum absolute atomic E-state index is 0.0695. The lowest BCUT2D eigenvalue weighted by molar-refractivity contribution is -0.163. The molecule has 20 heavy (non-hydrogen) atoms. The quantitative estimate of drug-likeness (QED) is 0.933. The van der Waals surface area contributed by atoms with Crippen LogP contribution >= 0.6 is 11.6 Å². The van der Waals surface area contributed by atoms with Gasteiger partial charge in [-0.1, -0.05) is 11.6 Å². The van der Waals surface area contributed by atoms with Crippen molar-refractivity contribution in [1.29, 1.82) is 0 Å². The van der Waals surface area contributed by atoms with E-state index in [-0.39, 0.29) is 5.56 Å². The molecule has 0 amide bonds. The highest BCUT2D eigenvalue weighted by molar-refractivity contribution is 6.31.